The predicted molar refractivity (Wildman–Crippen MR) is 102 cm³/mol. The first-order chi connectivity index (χ1) is 14.4. The van der Waals surface area contributed by atoms with Gasteiger partial charge >= 0.3 is 6.61 Å². The Balaban J connectivity index is 1.72. The van der Waals surface area contributed by atoms with E-state index < -0.39 is 12.4 Å². The van der Waals surface area contributed by atoms with Crippen molar-refractivity contribution in [3.8, 4) is 17.1 Å². The average Bonchev–Trinajstić information content (AvgIpc) is 3.31. The maximum atomic E-state index is 14.1. The second-order valence-electron chi connectivity index (χ2n) is 7.40. The van der Waals surface area contributed by atoms with Gasteiger partial charge in [0.2, 0.25) is 0 Å². The number of imidazole rings is 1. The highest BCUT2D eigenvalue weighted by molar-refractivity contribution is 6.31. The lowest BCUT2D eigenvalue weighted by Gasteiger charge is -2.21. The second kappa shape index (κ2) is 5.98. The molecule has 4 heterocycles. The van der Waals surface area contributed by atoms with Crippen LogP contribution in [0.1, 0.15) is 35.7 Å². The van der Waals surface area contributed by atoms with E-state index in [2.05, 4.69) is 15.2 Å². The molecular weight excluding hydrogens is 419 g/mol. The van der Waals surface area contributed by atoms with Crippen molar-refractivity contribution in [2.24, 2.45) is 0 Å². The number of aromatic nitrogens is 5. The zero-order valence-electron chi connectivity index (χ0n) is 15.5. The van der Waals surface area contributed by atoms with Gasteiger partial charge in [-0.3, -0.25) is 0 Å². The van der Waals surface area contributed by atoms with Crippen LogP contribution in [-0.2, 0) is 0 Å². The molecule has 2 aromatic heterocycles. The Morgan fingerprint density at radius 1 is 1.17 bits per heavy atom. The van der Waals surface area contributed by atoms with Gasteiger partial charge < -0.3 is 13.9 Å². The summed E-state index contributed by atoms with van der Waals surface area (Å²) < 4.78 is 49.2. The summed E-state index contributed by atoms with van der Waals surface area (Å²) in [6.07, 6.45) is 0.551. The van der Waals surface area contributed by atoms with Crippen LogP contribution in [0.25, 0.3) is 22.4 Å². The van der Waals surface area contributed by atoms with E-state index in [1.807, 2.05) is 22.1 Å². The van der Waals surface area contributed by atoms with Gasteiger partial charge in [0.25, 0.3) is 0 Å². The molecule has 2 aliphatic rings. The molecule has 30 heavy (non-hydrogen) atoms. The summed E-state index contributed by atoms with van der Waals surface area (Å²) in [5.41, 5.74) is 2.33. The first-order valence-electron chi connectivity index (χ1n) is 9.30. The molecule has 2 bridgehead atoms. The van der Waals surface area contributed by atoms with Crippen LogP contribution in [0.2, 0.25) is 5.02 Å². The standard InChI is InChI=1S/C20H13ClF3N5O/c1-8-26-27-18-9-3-2-4-16(30-20(23)24)17(9)14-7-15(28(8)18)19-25-12-6-11(22)10(21)5-13(12)29(14)19/h2-6,14-15,20H,7H2,1H3/t14-,15-/m1/s1. The molecule has 0 saturated heterocycles. The summed E-state index contributed by atoms with van der Waals surface area (Å²) in [6.45, 7) is -1.14. The summed E-state index contributed by atoms with van der Waals surface area (Å²) in [5, 5.41) is 8.49. The van der Waals surface area contributed by atoms with Gasteiger partial charge in [0.1, 0.15) is 23.2 Å². The number of hydrogen-bond acceptors (Lipinski definition) is 4. The van der Waals surface area contributed by atoms with E-state index in [0.717, 1.165) is 0 Å². The highest BCUT2D eigenvalue weighted by Crippen LogP contribution is 2.52. The quantitative estimate of drug-likeness (QED) is 0.453. The smallest absolute Gasteiger partial charge is 0.387 e. The molecular formula is C20H13ClF3N5O. The van der Waals surface area contributed by atoms with Crippen molar-refractivity contribution < 1.29 is 17.9 Å². The summed E-state index contributed by atoms with van der Waals surface area (Å²) >= 11 is 6.05. The molecule has 6 rings (SSSR count). The summed E-state index contributed by atoms with van der Waals surface area (Å²) in [6, 6.07) is 7.21. The summed E-state index contributed by atoms with van der Waals surface area (Å²) in [5.74, 6) is 1.43. The van der Waals surface area contributed by atoms with Gasteiger partial charge in [0, 0.05) is 23.6 Å². The molecule has 0 radical (unpaired) electrons. The second-order valence-corrected chi connectivity index (χ2v) is 7.81. The SMILES string of the molecule is Cc1nnc2n1[C@@H]1C[C@H](c3c(OC(F)F)cccc3-2)n2c1nc1cc(F)c(Cl)cc12. The van der Waals surface area contributed by atoms with Crippen LogP contribution >= 0.6 is 11.6 Å². The number of ether oxygens (including phenoxy) is 1. The molecule has 0 saturated carbocycles. The van der Waals surface area contributed by atoms with E-state index in [0.29, 0.717) is 46.1 Å². The number of benzene rings is 2. The number of nitrogens with zero attached hydrogens (tertiary/aromatic N) is 5. The first kappa shape index (κ1) is 17.8. The van der Waals surface area contributed by atoms with Crippen LogP contribution in [-0.4, -0.2) is 30.9 Å². The summed E-state index contributed by atoms with van der Waals surface area (Å²) in [7, 11) is 0. The topological polar surface area (TPSA) is 57.8 Å². The lowest BCUT2D eigenvalue weighted by Crippen LogP contribution is -2.14. The minimum Gasteiger partial charge on any atom is -0.434 e. The number of aryl methyl sites for hydroxylation is 1. The Labute approximate surface area is 172 Å². The van der Waals surface area contributed by atoms with Crippen LogP contribution < -0.4 is 4.74 Å². The predicted octanol–water partition coefficient (Wildman–Crippen LogP) is 4.89. The molecule has 152 valence electrons. The van der Waals surface area contributed by atoms with Crippen LogP contribution in [0.15, 0.2) is 30.3 Å². The molecule has 0 amide bonds. The van der Waals surface area contributed by atoms with Crippen molar-refractivity contribution in [2.75, 3.05) is 0 Å². The largest absolute Gasteiger partial charge is 0.434 e. The number of fused-ring (bicyclic) bond motifs is 6. The third kappa shape index (κ3) is 2.23. The van der Waals surface area contributed by atoms with E-state index in [1.165, 1.54) is 18.2 Å². The Kier molecular flexibility index (Phi) is 3.54. The molecule has 0 unspecified atom stereocenters. The van der Waals surface area contributed by atoms with E-state index in [1.54, 1.807) is 6.07 Å². The van der Waals surface area contributed by atoms with E-state index in [9.17, 15) is 13.2 Å². The number of alkyl halides is 2. The Morgan fingerprint density at radius 3 is 2.80 bits per heavy atom. The van der Waals surface area contributed by atoms with Crippen molar-refractivity contribution in [1.82, 2.24) is 24.3 Å². The van der Waals surface area contributed by atoms with Crippen molar-refractivity contribution in [3.05, 3.63) is 58.4 Å². The van der Waals surface area contributed by atoms with Gasteiger partial charge in [0.15, 0.2) is 5.82 Å². The van der Waals surface area contributed by atoms with E-state index >= 15 is 0 Å². The van der Waals surface area contributed by atoms with Crippen molar-refractivity contribution in [3.63, 3.8) is 0 Å². The Hall–Kier alpha value is -3.07. The maximum Gasteiger partial charge on any atom is 0.387 e. The molecule has 2 aromatic carbocycles. The minimum absolute atomic E-state index is 0.0250. The fourth-order valence-electron chi connectivity index (χ4n) is 4.77. The molecule has 0 fully saturated rings. The minimum atomic E-state index is -2.97. The maximum absolute atomic E-state index is 14.1. The van der Waals surface area contributed by atoms with Gasteiger partial charge in [-0.2, -0.15) is 8.78 Å². The monoisotopic (exact) mass is 431 g/mol. The Morgan fingerprint density at radius 2 is 2.00 bits per heavy atom. The third-order valence-corrected chi connectivity index (χ3v) is 6.14. The first-order valence-corrected chi connectivity index (χ1v) is 9.68. The normalized spacial score (nSPS) is 19.0. The number of hydrogen-bond donors (Lipinski definition) is 0. The van der Waals surface area contributed by atoms with Gasteiger partial charge in [-0.1, -0.05) is 23.7 Å². The Bertz CT molecular complexity index is 1350. The van der Waals surface area contributed by atoms with Crippen LogP contribution in [0, 0.1) is 12.7 Å². The lowest BCUT2D eigenvalue weighted by atomic mass is 9.97. The van der Waals surface area contributed by atoms with Crippen molar-refractivity contribution in [1.29, 1.82) is 0 Å². The number of rotatable bonds is 2. The van der Waals surface area contributed by atoms with Crippen LogP contribution in [0.3, 0.4) is 0 Å². The van der Waals surface area contributed by atoms with E-state index in [-0.39, 0.29) is 22.9 Å². The molecule has 0 spiro atoms. The molecule has 2 atom stereocenters. The van der Waals surface area contributed by atoms with Crippen molar-refractivity contribution in [2.45, 2.75) is 32.0 Å². The zero-order chi connectivity index (χ0) is 20.7. The lowest BCUT2D eigenvalue weighted by molar-refractivity contribution is -0.0506. The zero-order valence-corrected chi connectivity index (χ0v) is 16.2. The van der Waals surface area contributed by atoms with Gasteiger partial charge in [-0.05, 0) is 19.1 Å². The highest BCUT2D eigenvalue weighted by atomic mass is 35.5. The van der Waals surface area contributed by atoms with E-state index in [4.69, 9.17) is 16.3 Å². The van der Waals surface area contributed by atoms with Gasteiger partial charge in [-0.15, -0.1) is 10.2 Å². The fraction of sp³-hybridized carbons (Fsp3) is 0.250. The van der Waals surface area contributed by atoms with Crippen LogP contribution in [0.5, 0.6) is 5.75 Å². The van der Waals surface area contributed by atoms with Crippen molar-refractivity contribution >= 4 is 22.6 Å². The number of halogens is 4. The molecule has 0 aliphatic carbocycles. The fourth-order valence-corrected chi connectivity index (χ4v) is 4.93. The highest BCUT2D eigenvalue weighted by Gasteiger charge is 2.43. The molecule has 0 N–H and O–H groups in total. The molecule has 4 aromatic rings. The van der Waals surface area contributed by atoms with Gasteiger partial charge in [-0.25, -0.2) is 9.37 Å². The van der Waals surface area contributed by atoms with Crippen LogP contribution in [0.4, 0.5) is 13.2 Å². The summed E-state index contributed by atoms with van der Waals surface area (Å²) in [4.78, 5) is 4.66. The molecule has 6 nitrogen and oxygen atoms in total. The van der Waals surface area contributed by atoms with Gasteiger partial charge in [0.05, 0.1) is 28.1 Å². The molecule has 2 aliphatic heterocycles. The average molecular weight is 432 g/mol. The third-order valence-electron chi connectivity index (χ3n) is 5.85. The molecule has 10 heteroatoms.